The largest absolute Gasteiger partial charge is 0.478 e. The van der Waals surface area contributed by atoms with Gasteiger partial charge in [0, 0.05) is 16.7 Å². The predicted octanol–water partition coefficient (Wildman–Crippen LogP) is 5.41. The first-order chi connectivity index (χ1) is 18.2. The molecule has 5 rings (SSSR count). The summed E-state index contributed by atoms with van der Waals surface area (Å²) in [7, 11) is 0. The number of fused-ring (bicyclic) bond motifs is 1. The van der Waals surface area contributed by atoms with Gasteiger partial charge in [-0.05, 0) is 91.9 Å². The number of imide groups is 1. The van der Waals surface area contributed by atoms with Crippen molar-refractivity contribution in [3.63, 3.8) is 0 Å². The van der Waals surface area contributed by atoms with Crippen molar-refractivity contribution in [2.24, 2.45) is 0 Å². The first-order valence-corrected chi connectivity index (χ1v) is 11.5. The maximum absolute atomic E-state index is 13.1. The highest BCUT2D eigenvalue weighted by atomic mass is 16.5. The van der Waals surface area contributed by atoms with Crippen LogP contribution >= 0.6 is 0 Å². The zero-order valence-corrected chi connectivity index (χ0v) is 20.0. The number of anilines is 1. The molecule has 0 aliphatic carbocycles. The van der Waals surface area contributed by atoms with Gasteiger partial charge >= 0.3 is 5.97 Å². The van der Waals surface area contributed by atoms with Gasteiger partial charge in [0.15, 0.2) is 11.6 Å². The van der Waals surface area contributed by atoms with Crippen LogP contribution < -0.4 is 9.64 Å². The van der Waals surface area contributed by atoms with Gasteiger partial charge in [0.05, 0.1) is 22.4 Å². The highest BCUT2D eigenvalue weighted by molar-refractivity contribution is 6.35. The van der Waals surface area contributed by atoms with Gasteiger partial charge in [-0.2, -0.15) is 0 Å². The summed E-state index contributed by atoms with van der Waals surface area (Å²) in [5.74, 6) is -1.66. The Hall–Kier alpha value is -5.37. The number of carboxylic acids is 1. The minimum Gasteiger partial charge on any atom is -0.478 e. The van der Waals surface area contributed by atoms with Gasteiger partial charge in [0.25, 0.3) is 11.8 Å². The molecule has 0 spiro atoms. The molecule has 0 aromatic heterocycles. The lowest BCUT2D eigenvalue weighted by Crippen LogP contribution is -2.29. The third-order valence-corrected chi connectivity index (χ3v) is 6.13. The van der Waals surface area contributed by atoms with E-state index in [0.717, 1.165) is 4.90 Å². The van der Waals surface area contributed by atoms with Crippen LogP contribution in [0.5, 0.6) is 11.5 Å². The summed E-state index contributed by atoms with van der Waals surface area (Å²) < 4.78 is 5.70. The standard InChI is InChI=1S/C30H19NO7/c1-17(32)18-2-9-22(10-3-18)31-28(34)25-15-8-21(16-26(25)29(31)35)27(33)19-4-11-23(12-5-19)38-24-13-6-20(7-14-24)30(36)37/h2-16H,1H3,(H,36,37). The Morgan fingerprint density at radius 3 is 1.68 bits per heavy atom. The second-order valence-corrected chi connectivity index (χ2v) is 8.59. The lowest BCUT2D eigenvalue weighted by atomic mass is 9.99. The molecule has 38 heavy (non-hydrogen) atoms. The van der Waals surface area contributed by atoms with E-state index in [1.54, 1.807) is 36.4 Å². The number of Topliss-reactive ketones (excluding diaryl/α,β-unsaturated/α-hetero) is 1. The fourth-order valence-electron chi connectivity index (χ4n) is 4.10. The van der Waals surface area contributed by atoms with Crippen LogP contribution in [-0.4, -0.2) is 34.5 Å². The molecular formula is C30H19NO7. The molecule has 1 aliphatic rings. The van der Waals surface area contributed by atoms with Crippen LogP contribution in [-0.2, 0) is 0 Å². The molecule has 0 bridgehead atoms. The number of nitrogens with zero attached hydrogens (tertiary/aromatic N) is 1. The van der Waals surface area contributed by atoms with Gasteiger partial charge in [-0.3, -0.25) is 19.2 Å². The summed E-state index contributed by atoms with van der Waals surface area (Å²) in [6.07, 6.45) is 0. The molecule has 0 unspecified atom stereocenters. The summed E-state index contributed by atoms with van der Waals surface area (Å²) in [4.78, 5) is 62.7. The summed E-state index contributed by atoms with van der Waals surface area (Å²) in [6.45, 7) is 1.43. The Labute approximate surface area is 216 Å². The van der Waals surface area contributed by atoms with Crippen LogP contribution in [0.15, 0.2) is 91.0 Å². The van der Waals surface area contributed by atoms with Crippen LogP contribution in [0.4, 0.5) is 5.69 Å². The lowest BCUT2D eigenvalue weighted by Gasteiger charge is -2.13. The third-order valence-electron chi connectivity index (χ3n) is 6.13. The second kappa shape index (κ2) is 9.59. The average Bonchev–Trinajstić information content (AvgIpc) is 3.18. The highest BCUT2D eigenvalue weighted by Crippen LogP contribution is 2.30. The topological polar surface area (TPSA) is 118 Å². The number of hydrogen-bond donors (Lipinski definition) is 1. The minimum atomic E-state index is -1.03. The van der Waals surface area contributed by atoms with Crippen molar-refractivity contribution in [3.05, 3.63) is 124 Å². The van der Waals surface area contributed by atoms with Crippen molar-refractivity contribution in [1.29, 1.82) is 0 Å². The predicted molar refractivity (Wildman–Crippen MR) is 137 cm³/mol. The van der Waals surface area contributed by atoms with Gasteiger partial charge in [0.2, 0.25) is 0 Å². The molecule has 4 aromatic carbocycles. The molecule has 8 heteroatoms. The second-order valence-electron chi connectivity index (χ2n) is 8.59. The number of ether oxygens (including phenoxy) is 1. The minimum absolute atomic E-state index is 0.126. The molecule has 0 atom stereocenters. The number of carbonyl (C=O) groups excluding carboxylic acids is 4. The van der Waals surface area contributed by atoms with Crippen molar-refractivity contribution in [1.82, 2.24) is 0 Å². The van der Waals surface area contributed by atoms with Crippen molar-refractivity contribution < 1.29 is 33.8 Å². The zero-order valence-electron chi connectivity index (χ0n) is 20.0. The first kappa shape index (κ1) is 24.3. The van der Waals surface area contributed by atoms with E-state index in [1.807, 2.05) is 0 Å². The van der Waals surface area contributed by atoms with E-state index in [-0.39, 0.29) is 33.8 Å². The molecule has 1 N–H and O–H groups in total. The number of rotatable bonds is 7. The molecule has 0 fully saturated rings. The Kier molecular flexibility index (Phi) is 6.14. The smallest absolute Gasteiger partial charge is 0.335 e. The van der Waals surface area contributed by atoms with Gasteiger partial charge in [-0.1, -0.05) is 6.07 Å². The molecule has 8 nitrogen and oxygen atoms in total. The van der Waals surface area contributed by atoms with Crippen molar-refractivity contribution in [3.8, 4) is 11.5 Å². The van der Waals surface area contributed by atoms with Crippen LogP contribution in [0.25, 0.3) is 0 Å². The van der Waals surface area contributed by atoms with Crippen molar-refractivity contribution >= 4 is 35.0 Å². The van der Waals surface area contributed by atoms with Gasteiger partial charge < -0.3 is 9.84 Å². The summed E-state index contributed by atoms with van der Waals surface area (Å²) in [6, 6.07) is 22.8. The van der Waals surface area contributed by atoms with E-state index >= 15 is 0 Å². The van der Waals surface area contributed by atoms with Gasteiger partial charge in [0.1, 0.15) is 11.5 Å². The molecular weight excluding hydrogens is 486 g/mol. The number of carboxylic acid groups (broad SMARTS) is 1. The number of aromatic carboxylic acids is 1. The maximum Gasteiger partial charge on any atom is 0.335 e. The monoisotopic (exact) mass is 505 g/mol. The first-order valence-electron chi connectivity index (χ1n) is 11.5. The number of hydrogen-bond acceptors (Lipinski definition) is 6. The molecule has 0 saturated heterocycles. The Bertz CT molecular complexity index is 1620. The van der Waals surface area contributed by atoms with Gasteiger partial charge in [-0.25, -0.2) is 9.69 Å². The lowest BCUT2D eigenvalue weighted by molar-refractivity contribution is 0.0695. The van der Waals surface area contributed by atoms with E-state index in [9.17, 15) is 24.0 Å². The van der Waals surface area contributed by atoms with E-state index in [1.165, 1.54) is 61.5 Å². The van der Waals surface area contributed by atoms with Crippen LogP contribution in [0, 0.1) is 0 Å². The quantitative estimate of drug-likeness (QED) is 0.263. The Morgan fingerprint density at radius 2 is 1.13 bits per heavy atom. The fourth-order valence-corrected chi connectivity index (χ4v) is 4.10. The van der Waals surface area contributed by atoms with E-state index in [0.29, 0.717) is 28.3 Å². The summed E-state index contributed by atoms with van der Waals surface area (Å²) in [5.41, 5.74) is 1.86. The Balaban J connectivity index is 1.33. The molecule has 4 aromatic rings. The normalized spacial score (nSPS) is 12.3. The maximum atomic E-state index is 13.1. The molecule has 2 amide bonds. The van der Waals surface area contributed by atoms with Gasteiger partial charge in [-0.15, -0.1) is 0 Å². The summed E-state index contributed by atoms with van der Waals surface area (Å²) >= 11 is 0. The van der Waals surface area contributed by atoms with E-state index in [2.05, 4.69) is 0 Å². The van der Waals surface area contributed by atoms with Crippen molar-refractivity contribution in [2.75, 3.05) is 4.90 Å². The molecule has 1 aliphatic heterocycles. The molecule has 0 saturated carbocycles. The molecule has 186 valence electrons. The zero-order chi connectivity index (χ0) is 27.0. The Morgan fingerprint density at radius 1 is 0.632 bits per heavy atom. The number of ketones is 2. The molecule has 0 radical (unpaired) electrons. The van der Waals surface area contributed by atoms with Crippen LogP contribution in [0.1, 0.15) is 64.3 Å². The number of carbonyl (C=O) groups is 5. The third kappa shape index (κ3) is 4.46. The van der Waals surface area contributed by atoms with Crippen molar-refractivity contribution in [2.45, 2.75) is 6.92 Å². The number of amides is 2. The highest BCUT2D eigenvalue weighted by Gasteiger charge is 2.37. The summed E-state index contributed by atoms with van der Waals surface area (Å²) in [5, 5.41) is 8.99. The number of benzene rings is 4. The van der Waals surface area contributed by atoms with E-state index < -0.39 is 17.8 Å². The molecule has 1 heterocycles. The fraction of sp³-hybridized carbons (Fsp3) is 0.0333. The average molecular weight is 505 g/mol. The van der Waals surface area contributed by atoms with Crippen LogP contribution in [0.2, 0.25) is 0 Å². The SMILES string of the molecule is CC(=O)c1ccc(N2C(=O)c3ccc(C(=O)c4ccc(Oc5ccc(C(=O)O)cc5)cc4)cc3C2=O)cc1. The van der Waals surface area contributed by atoms with Crippen LogP contribution in [0.3, 0.4) is 0 Å². The van der Waals surface area contributed by atoms with E-state index in [4.69, 9.17) is 9.84 Å².